The monoisotopic (exact) mass is 441 g/mol. The van der Waals surface area contributed by atoms with Gasteiger partial charge in [-0.1, -0.05) is 48.5 Å². The molecule has 5 rings (SSSR count). The molecule has 3 atom stereocenters. The lowest BCUT2D eigenvalue weighted by molar-refractivity contribution is -0.161. The zero-order valence-corrected chi connectivity index (χ0v) is 16.8. The molecule has 1 amide bonds. The largest absolute Gasteiger partial charge is 0.416 e. The highest BCUT2D eigenvalue weighted by molar-refractivity contribution is 6.19. The van der Waals surface area contributed by atoms with Gasteiger partial charge in [0.2, 0.25) is 5.89 Å². The molecular formula is C22H18F3N5O2. The highest BCUT2D eigenvalue weighted by Crippen LogP contribution is 2.42. The van der Waals surface area contributed by atoms with Crippen LogP contribution in [-0.4, -0.2) is 39.5 Å². The minimum absolute atomic E-state index is 0.0260. The van der Waals surface area contributed by atoms with E-state index in [4.69, 9.17) is 4.42 Å². The van der Waals surface area contributed by atoms with Crippen molar-refractivity contribution in [3.8, 4) is 11.5 Å². The molecule has 32 heavy (non-hydrogen) atoms. The van der Waals surface area contributed by atoms with Crippen LogP contribution in [0.1, 0.15) is 24.3 Å². The predicted molar refractivity (Wildman–Crippen MR) is 108 cm³/mol. The van der Waals surface area contributed by atoms with Crippen molar-refractivity contribution in [3.63, 3.8) is 0 Å². The average Bonchev–Trinajstić information content (AvgIpc) is 3.40. The third-order valence-corrected chi connectivity index (χ3v) is 5.62. The van der Waals surface area contributed by atoms with Gasteiger partial charge in [-0.2, -0.15) is 13.2 Å². The van der Waals surface area contributed by atoms with Crippen molar-refractivity contribution in [3.05, 3.63) is 77.8 Å². The van der Waals surface area contributed by atoms with Crippen molar-refractivity contribution in [2.45, 2.75) is 31.2 Å². The Balaban J connectivity index is 1.52. The highest BCUT2D eigenvalue weighted by atomic mass is 19.4. The van der Waals surface area contributed by atoms with Gasteiger partial charge in [-0.05, 0) is 24.6 Å². The van der Waals surface area contributed by atoms with Crippen molar-refractivity contribution in [2.24, 2.45) is 0 Å². The van der Waals surface area contributed by atoms with E-state index >= 15 is 0 Å². The molecule has 2 N–H and O–H groups in total. The van der Waals surface area contributed by atoms with Crippen molar-refractivity contribution in [2.75, 3.05) is 0 Å². The molecule has 0 saturated carbocycles. The summed E-state index contributed by atoms with van der Waals surface area (Å²) in [6.45, 7) is 1.61. The van der Waals surface area contributed by atoms with Crippen LogP contribution in [0.25, 0.3) is 17.0 Å². The van der Waals surface area contributed by atoms with Gasteiger partial charge in [0.25, 0.3) is 11.8 Å². The summed E-state index contributed by atoms with van der Waals surface area (Å²) in [7, 11) is 0. The zero-order valence-electron chi connectivity index (χ0n) is 16.8. The van der Waals surface area contributed by atoms with Gasteiger partial charge >= 0.3 is 6.18 Å². The normalized spacial score (nSPS) is 23.3. The SMILES string of the molecule is CC1=C(c2nnc(-c3ccccc3)o2)C(=O)N2NC(C(F)(F)F)C(c3ccccc3)C2N1. The van der Waals surface area contributed by atoms with Gasteiger partial charge in [-0.3, -0.25) is 4.79 Å². The van der Waals surface area contributed by atoms with Gasteiger partial charge in [0.05, 0.1) is 5.92 Å². The maximum Gasteiger partial charge on any atom is 0.406 e. The lowest BCUT2D eigenvalue weighted by Gasteiger charge is -2.34. The molecule has 0 radical (unpaired) electrons. The lowest BCUT2D eigenvalue weighted by Crippen LogP contribution is -2.54. The molecule has 7 nitrogen and oxygen atoms in total. The van der Waals surface area contributed by atoms with Gasteiger partial charge in [0.15, 0.2) is 0 Å². The summed E-state index contributed by atoms with van der Waals surface area (Å²) in [5.74, 6) is -1.56. The first-order valence-corrected chi connectivity index (χ1v) is 9.92. The van der Waals surface area contributed by atoms with Gasteiger partial charge in [0, 0.05) is 11.3 Å². The molecule has 1 saturated heterocycles. The maximum atomic E-state index is 13.9. The fraction of sp³-hybridized carbons (Fsp3) is 0.227. The number of allylic oxidation sites excluding steroid dienone is 1. The van der Waals surface area contributed by atoms with Crippen LogP contribution in [0.5, 0.6) is 0 Å². The second kappa shape index (κ2) is 7.49. The van der Waals surface area contributed by atoms with E-state index in [0.717, 1.165) is 5.01 Å². The van der Waals surface area contributed by atoms with Gasteiger partial charge in [-0.15, -0.1) is 10.2 Å². The van der Waals surface area contributed by atoms with Crippen molar-refractivity contribution in [1.82, 2.24) is 25.9 Å². The summed E-state index contributed by atoms with van der Waals surface area (Å²) in [5, 5.41) is 12.0. The Morgan fingerprint density at radius 2 is 1.59 bits per heavy atom. The van der Waals surface area contributed by atoms with E-state index in [1.807, 2.05) is 6.07 Å². The number of carbonyl (C=O) groups excluding carboxylic acids is 1. The van der Waals surface area contributed by atoms with E-state index in [2.05, 4.69) is 20.9 Å². The Morgan fingerprint density at radius 3 is 2.25 bits per heavy atom. The number of benzene rings is 2. The van der Waals surface area contributed by atoms with Crippen molar-refractivity contribution >= 4 is 11.5 Å². The number of halogens is 3. The zero-order chi connectivity index (χ0) is 22.5. The fourth-order valence-electron chi connectivity index (χ4n) is 4.17. The number of hydrogen-bond donors (Lipinski definition) is 2. The summed E-state index contributed by atoms with van der Waals surface area (Å²) in [4.78, 5) is 13.3. The maximum absolute atomic E-state index is 13.9. The van der Waals surface area contributed by atoms with Crippen molar-refractivity contribution in [1.29, 1.82) is 0 Å². The Morgan fingerprint density at radius 1 is 0.969 bits per heavy atom. The molecule has 0 aliphatic carbocycles. The number of nitrogens with zero attached hydrogens (tertiary/aromatic N) is 3. The standard InChI is InChI=1S/C22H18F3N5O2/c1-12-15(20-28-27-19(32-20)14-10-6-3-7-11-14)21(31)30-18(26-12)16(13-8-4-2-5-9-13)17(29-30)22(23,24)25/h2-11,16-18,26,29H,1H3. The number of nitrogens with one attached hydrogen (secondary N) is 2. The molecule has 10 heteroatoms. The summed E-state index contributed by atoms with van der Waals surface area (Å²) >= 11 is 0. The van der Waals surface area contributed by atoms with Crippen molar-refractivity contribution < 1.29 is 22.4 Å². The molecule has 3 unspecified atom stereocenters. The molecule has 2 aromatic carbocycles. The number of alkyl halides is 3. The number of hydrazine groups is 1. The minimum atomic E-state index is -4.57. The molecule has 3 heterocycles. The van der Waals surface area contributed by atoms with E-state index in [0.29, 0.717) is 16.8 Å². The molecule has 2 aliphatic heterocycles. The molecule has 1 aromatic heterocycles. The van der Waals surface area contributed by atoms with E-state index in [1.165, 1.54) is 0 Å². The number of aromatic nitrogens is 2. The number of carbonyl (C=O) groups is 1. The van der Waals surface area contributed by atoms with E-state index in [-0.39, 0.29) is 17.4 Å². The molecule has 164 valence electrons. The van der Waals surface area contributed by atoms with Gasteiger partial charge in [0.1, 0.15) is 17.8 Å². The summed E-state index contributed by atoms with van der Waals surface area (Å²) < 4.78 is 47.4. The van der Waals surface area contributed by atoms with Crippen LogP contribution in [0.4, 0.5) is 13.2 Å². The van der Waals surface area contributed by atoms with E-state index < -0.39 is 30.2 Å². The molecule has 2 aliphatic rings. The minimum Gasteiger partial charge on any atom is -0.416 e. The fourth-order valence-corrected chi connectivity index (χ4v) is 4.17. The van der Waals surface area contributed by atoms with Crippen LogP contribution in [0.2, 0.25) is 0 Å². The van der Waals surface area contributed by atoms with Crippen LogP contribution in [-0.2, 0) is 4.79 Å². The van der Waals surface area contributed by atoms with Crippen LogP contribution >= 0.6 is 0 Å². The topological polar surface area (TPSA) is 83.3 Å². The molecule has 0 spiro atoms. The molecule has 1 fully saturated rings. The quantitative estimate of drug-likeness (QED) is 0.648. The Hall–Kier alpha value is -3.66. The third kappa shape index (κ3) is 3.32. The molecular weight excluding hydrogens is 423 g/mol. The highest BCUT2D eigenvalue weighted by Gasteiger charge is 2.58. The van der Waals surface area contributed by atoms with E-state index in [9.17, 15) is 18.0 Å². The van der Waals surface area contributed by atoms with Crippen LogP contribution < -0.4 is 10.7 Å². The number of rotatable bonds is 3. The molecule has 3 aromatic rings. The first-order chi connectivity index (χ1) is 15.3. The smallest absolute Gasteiger partial charge is 0.406 e. The Kier molecular flexibility index (Phi) is 4.74. The summed E-state index contributed by atoms with van der Waals surface area (Å²) in [6, 6.07) is 15.4. The Labute approximate surface area is 180 Å². The second-order valence-electron chi connectivity index (χ2n) is 7.63. The second-order valence-corrected chi connectivity index (χ2v) is 7.63. The van der Waals surface area contributed by atoms with Gasteiger partial charge in [-0.25, -0.2) is 10.4 Å². The van der Waals surface area contributed by atoms with E-state index in [1.54, 1.807) is 61.5 Å². The summed E-state index contributed by atoms with van der Waals surface area (Å²) in [5.41, 5.74) is 3.89. The van der Waals surface area contributed by atoms with Crippen LogP contribution in [0.15, 0.2) is 70.8 Å². The lowest BCUT2D eigenvalue weighted by atomic mass is 9.89. The van der Waals surface area contributed by atoms with Gasteiger partial charge < -0.3 is 9.73 Å². The Bertz CT molecular complexity index is 1180. The number of amides is 1. The van der Waals surface area contributed by atoms with Crippen LogP contribution in [0.3, 0.4) is 0 Å². The average molecular weight is 441 g/mol. The third-order valence-electron chi connectivity index (χ3n) is 5.62. The molecule has 0 bridgehead atoms. The summed E-state index contributed by atoms with van der Waals surface area (Å²) in [6.07, 6.45) is -5.50. The van der Waals surface area contributed by atoms with Crippen LogP contribution in [0, 0.1) is 0 Å². The first kappa shape index (κ1) is 20.3. The predicted octanol–water partition coefficient (Wildman–Crippen LogP) is 3.46. The number of hydrogen-bond acceptors (Lipinski definition) is 6. The number of fused-ring (bicyclic) bond motifs is 1. The first-order valence-electron chi connectivity index (χ1n) is 9.92.